The second-order valence-corrected chi connectivity index (χ2v) is 20.7. The third-order valence-corrected chi connectivity index (χ3v) is 11.9. The van der Waals surface area contributed by atoms with Crippen molar-refractivity contribution in [3.8, 4) is 0 Å². The molecule has 7 aromatic rings. The molecule has 0 saturated carbocycles. The second kappa shape index (κ2) is 15.6. The average Bonchev–Trinajstić information content (AvgIpc) is 4.03. The number of ketones is 2. The van der Waals surface area contributed by atoms with Gasteiger partial charge in [-0.05, 0) is 128 Å². The van der Waals surface area contributed by atoms with E-state index in [0.717, 1.165) is 56.2 Å². The van der Waals surface area contributed by atoms with Gasteiger partial charge in [-0.15, -0.1) is 0 Å². The summed E-state index contributed by atoms with van der Waals surface area (Å²) in [6, 6.07) is 37.4. The number of aromatic nitrogens is 4. The Labute approximate surface area is 356 Å². The van der Waals surface area contributed by atoms with Crippen LogP contribution in [0.5, 0.6) is 0 Å². The van der Waals surface area contributed by atoms with Gasteiger partial charge < -0.3 is 19.9 Å². The van der Waals surface area contributed by atoms with Gasteiger partial charge in [-0.3, -0.25) is 9.59 Å². The van der Waals surface area contributed by atoms with Crippen molar-refractivity contribution in [2.24, 2.45) is 0 Å². The highest BCUT2D eigenvalue weighted by atomic mass is 16.1. The van der Waals surface area contributed by atoms with Gasteiger partial charge in [-0.25, -0.2) is 0 Å². The summed E-state index contributed by atoms with van der Waals surface area (Å²) in [4.78, 5) is 42.8. The lowest BCUT2D eigenvalue weighted by atomic mass is 9.79. The van der Waals surface area contributed by atoms with Crippen LogP contribution >= 0.6 is 0 Å². The summed E-state index contributed by atoms with van der Waals surface area (Å²) in [6.45, 7) is 26.2. The van der Waals surface area contributed by atoms with Crippen LogP contribution in [-0.2, 0) is 21.7 Å². The number of hydrogen-bond acceptors (Lipinski definition) is 2. The summed E-state index contributed by atoms with van der Waals surface area (Å²) in [7, 11) is 0. The first-order valence-electron chi connectivity index (χ1n) is 21.2. The molecule has 0 atom stereocenters. The Morgan fingerprint density at radius 2 is 0.717 bits per heavy atom. The van der Waals surface area contributed by atoms with Crippen LogP contribution in [0.4, 0.5) is 0 Å². The van der Waals surface area contributed by atoms with E-state index in [1.807, 2.05) is 73.1 Å². The molecule has 0 amide bonds. The van der Waals surface area contributed by atoms with Crippen LogP contribution in [0.25, 0.3) is 0 Å². The first-order valence-corrected chi connectivity index (χ1v) is 21.2. The number of hydrogen-bond donors (Lipinski definition) is 4. The Kier molecular flexibility index (Phi) is 11.0. The Hall–Kier alpha value is -5.88. The lowest BCUT2D eigenvalue weighted by Gasteiger charge is -2.26. The van der Waals surface area contributed by atoms with Crippen molar-refractivity contribution in [3.63, 3.8) is 0 Å². The third-order valence-electron chi connectivity index (χ3n) is 11.9. The van der Waals surface area contributed by atoms with Crippen molar-refractivity contribution in [2.45, 2.75) is 117 Å². The molecular weight excluding hydrogens is 737 g/mol. The van der Waals surface area contributed by atoms with Crippen molar-refractivity contribution in [2.75, 3.05) is 0 Å². The van der Waals surface area contributed by atoms with Gasteiger partial charge in [0.1, 0.15) is 0 Å². The van der Waals surface area contributed by atoms with E-state index >= 15 is 0 Å². The van der Waals surface area contributed by atoms with E-state index in [0.29, 0.717) is 22.5 Å². The zero-order chi connectivity index (χ0) is 43.4. The molecule has 4 aromatic heterocycles. The SMILES string of the molecule is CC(C)(C)c1cc(C(=O)c2ccc(C(c3ccc(C(c4ccc[nH]4)c4ccc[nH]4)cc3)c3ccc(C(=O)c4cc(C(C)(C)C)cc(C(C)(C)C)c4)[nH]3)[nH]2)cc(C(C)(C)C)c1. The van der Waals surface area contributed by atoms with Gasteiger partial charge in [0.2, 0.25) is 11.6 Å². The van der Waals surface area contributed by atoms with Gasteiger partial charge in [0, 0.05) is 46.3 Å². The van der Waals surface area contributed by atoms with Crippen LogP contribution in [0, 0.1) is 0 Å². The minimum atomic E-state index is -0.325. The Morgan fingerprint density at radius 3 is 1.00 bits per heavy atom. The van der Waals surface area contributed by atoms with E-state index in [2.05, 4.69) is 152 Å². The molecule has 0 spiro atoms. The van der Waals surface area contributed by atoms with Gasteiger partial charge in [-0.2, -0.15) is 0 Å². The minimum absolute atomic E-state index is 0.00405. The maximum absolute atomic E-state index is 14.4. The fraction of sp³-hybridized carbons (Fsp3) is 0.333. The molecule has 4 heterocycles. The molecular formula is C54H62N4O2. The lowest BCUT2D eigenvalue weighted by molar-refractivity contribution is 0.102. The van der Waals surface area contributed by atoms with Gasteiger partial charge >= 0.3 is 0 Å². The molecule has 6 heteroatoms. The molecule has 0 fully saturated rings. The van der Waals surface area contributed by atoms with Gasteiger partial charge in [0.25, 0.3) is 0 Å². The highest BCUT2D eigenvalue weighted by Gasteiger charge is 2.28. The zero-order valence-corrected chi connectivity index (χ0v) is 37.5. The first-order chi connectivity index (χ1) is 28.1. The van der Waals surface area contributed by atoms with E-state index in [1.165, 1.54) is 0 Å². The summed E-state index contributed by atoms with van der Waals surface area (Å²) in [5.41, 5.74) is 12.4. The molecule has 0 radical (unpaired) electrons. The van der Waals surface area contributed by atoms with Crippen molar-refractivity contribution in [1.82, 2.24) is 19.9 Å². The smallest absolute Gasteiger partial charge is 0.209 e. The number of aromatic amines is 4. The van der Waals surface area contributed by atoms with Gasteiger partial charge in [-0.1, -0.05) is 119 Å². The van der Waals surface area contributed by atoms with E-state index in [4.69, 9.17) is 0 Å². The van der Waals surface area contributed by atoms with Crippen LogP contribution < -0.4 is 0 Å². The number of carbonyl (C=O) groups excluding carboxylic acids is 2. The molecule has 6 nitrogen and oxygen atoms in total. The number of H-pyrrole nitrogens is 4. The Balaban J connectivity index is 1.31. The number of rotatable bonds is 10. The molecule has 0 aliphatic heterocycles. The highest BCUT2D eigenvalue weighted by Crippen LogP contribution is 2.37. The number of benzene rings is 3. The Morgan fingerprint density at radius 1 is 0.400 bits per heavy atom. The Bertz CT molecular complexity index is 2380. The van der Waals surface area contributed by atoms with E-state index < -0.39 is 0 Å². The average molecular weight is 799 g/mol. The normalized spacial score (nSPS) is 12.8. The molecule has 60 heavy (non-hydrogen) atoms. The fourth-order valence-corrected chi connectivity index (χ4v) is 7.97. The van der Waals surface area contributed by atoms with Crippen molar-refractivity contribution in [3.05, 3.63) is 200 Å². The van der Waals surface area contributed by atoms with Crippen molar-refractivity contribution in [1.29, 1.82) is 0 Å². The van der Waals surface area contributed by atoms with Gasteiger partial charge in [0.15, 0.2) is 0 Å². The van der Waals surface area contributed by atoms with Crippen LogP contribution in [0.1, 0.15) is 183 Å². The largest absolute Gasteiger partial charge is 0.364 e. The van der Waals surface area contributed by atoms with Crippen LogP contribution in [0.2, 0.25) is 0 Å². The quantitative estimate of drug-likeness (QED) is 0.104. The maximum Gasteiger partial charge on any atom is 0.209 e. The third kappa shape index (κ3) is 8.84. The first kappa shape index (κ1) is 42.3. The molecule has 0 unspecified atom stereocenters. The molecule has 0 saturated heterocycles. The van der Waals surface area contributed by atoms with Crippen molar-refractivity contribution < 1.29 is 9.59 Å². The minimum Gasteiger partial charge on any atom is -0.364 e. The van der Waals surface area contributed by atoms with E-state index in [1.54, 1.807) is 0 Å². The maximum atomic E-state index is 14.4. The summed E-state index contributed by atoms with van der Waals surface area (Å²) < 4.78 is 0. The predicted octanol–water partition coefficient (Wildman–Crippen LogP) is 13.0. The standard InChI is InChI=1S/C54H62N4O2/c1-51(2,3)37-27-35(28-38(31-37)52(4,5)6)49(59)45-23-21-43(57-45)48(34-19-17-33(18-20-34)47(41-15-13-25-55-41)42-16-14-26-56-42)44-22-24-46(58-44)50(60)36-29-39(53(7,8)9)32-40(30-36)54(10,11)12/h13-32,47-48,55-58H,1-12H3. The number of nitrogens with one attached hydrogen (secondary N) is 4. The zero-order valence-electron chi connectivity index (χ0n) is 37.5. The van der Waals surface area contributed by atoms with Gasteiger partial charge in [0.05, 0.1) is 23.2 Å². The number of carbonyl (C=O) groups is 2. The molecule has 4 N–H and O–H groups in total. The molecule has 7 rings (SSSR count). The summed E-state index contributed by atoms with van der Waals surface area (Å²) >= 11 is 0. The van der Waals surface area contributed by atoms with Crippen LogP contribution in [-0.4, -0.2) is 31.5 Å². The topological polar surface area (TPSA) is 97.3 Å². The van der Waals surface area contributed by atoms with Crippen LogP contribution in [0.3, 0.4) is 0 Å². The molecule has 0 aliphatic carbocycles. The molecule has 3 aromatic carbocycles. The van der Waals surface area contributed by atoms with E-state index in [-0.39, 0.29) is 45.1 Å². The van der Waals surface area contributed by atoms with Crippen molar-refractivity contribution >= 4 is 11.6 Å². The van der Waals surface area contributed by atoms with Crippen LogP contribution in [0.15, 0.2) is 122 Å². The summed E-state index contributed by atoms with van der Waals surface area (Å²) in [5, 5.41) is 0. The lowest BCUT2D eigenvalue weighted by Crippen LogP contribution is -2.18. The van der Waals surface area contributed by atoms with E-state index in [9.17, 15) is 9.59 Å². The summed E-state index contributed by atoms with van der Waals surface area (Å²) in [6.07, 6.45) is 3.91. The molecule has 0 aliphatic rings. The highest BCUT2D eigenvalue weighted by molar-refractivity contribution is 6.09. The second-order valence-electron chi connectivity index (χ2n) is 20.7. The predicted molar refractivity (Wildman–Crippen MR) is 246 cm³/mol. The summed E-state index contributed by atoms with van der Waals surface area (Å²) in [5.74, 6) is -0.436. The molecule has 310 valence electrons. The fourth-order valence-electron chi connectivity index (χ4n) is 7.97. The molecule has 0 bridgehead atoms. The monoisotopic (exact) mass is 798 g/mol.